The number of nitrogens with one attached hydrogen (secondary N) is 1. The predicted molar refractivity (Wildman–Crippen MR) is 128 cm³/mol. The van der Waals surface area contributed by atoms with Gasteiger partial charge in [-0.05, 0) is 41.8 Å². The van der Waals surface area contributed by atoms with Crippen molar-refractivity contribution in [3.8, 4) is 5.75 Å². The standard InChI is InChI=1S/C25H28N4O6/c1-28(24(32)10-16-5-6-20-21(9-16)27-23(31)12-26-20)22(14-29-8-7-18(30)13-29)17-3-2-4-19(11-17)35-15-25(33)34/h2-6,9,11-12,18,22,30H,7-8,10,13-15H2,1H3,(H,27,31)(H,33,34)/t18?,22-/m1/s1. The van der Waals surface area contributed by atoms with E-state index in [1.807, 2.05) is 12.1 Å². The van der Waals surface area contributed by atoms with E-state index in [9.17, 15) is 19.5 Å². The number of hydrogen-bond donors (Lipinski definition) is 3. The molecule has 2 heterocycles. The third-order valence-electron chi connectivity index (χ3n) is 6.14. The highest BCUT2D eigenvalue weighted by molar-refractivity contribution is 5.81. The lowest BCUT2D eigenvalue weighted by molar-refractivity contribution is -0.139. The zero-order valence-corrected chi connectivity index (χ0v) is 19.4. The fraction of sp³-hybridized carbons (Fsp3) is 0.360. The van der Waals surface area contributed by atoms with Crippen LogP contribution in [0.15, 0.2) is 53.5 Å². The first-order chi connectivity index (χ1) is 16.8. The number of aromatic amines is 1. The Hall–Kier alpha value is -3.76. The molecule has 3 N–H and O–H groups in total. The summed E-state index contributed by atoms with van der Waals surface area (Å²) in [4.78, 5) is 46.4. The number of benzene rings is 2. The summed E-state index contributed by atoms with van der Waals surface area (Å²) in [6, 6.07) is 12.0. The molecule has 0 aliphatic carbocycles. The second kappa shape index (κ2) is 10.7. The van der Waals surface area contributed by atoms with Gasteiger partial charge in [0, 0.05) is 26.7 Å². The maximum atomic E-state index is 13.3. The van der Waals surface area contributed by atoms with Crippen LogP contribution in [0.5, 0.6) is 5.75 Å². The minimum absolute atomic E-state index is 0.123. The summed E-state index contributed by atoms with van der Waals surface area (Å²) < 4.78 is 5.34. The second-order valence-corrected chi connectivity index (χ2v) is 8.75. The molecule has 1 unspecified atom stereocenters. The minimum Gasteiger partial charge on any atom is -0.482 e. The molecule has 1 saturated heterocycles. The normalized spacial score (nSPS) is 16.8. The van der Waals surface area contributed by atoms with Crippen molar-refractivity contribution < 1.29 is 24.5 Å². The molecule has 3 aromatic rings. The van der Waals surface area contributed by atoms with E-state index in [1.165, 1.54) is 6.20 Å². The van der Waals surface area contributed by atoms with Gasteiger partial charge in [0.25, 0.3) is 5.56 Å². The molecular formula is C25H28N4O6. The first-order valence-corrected chi connectivity index (χ1v) is 11.4. The van der Waals surface area contributed by atoms with Gasteiger partial charge < -0.3 is 24.8 Å². The maximum absolute atomic E-state index is 13.3. The summed E-state index contributed by atoms with van der Waals surface area (Å²) in [5, 5.41) is 18.9. The average Bonchev–Trinajstić information content (AvgIpc) is 3.25. The Morgan fingerprint density at radius 1 is 1.29 bits per heavy atom. The minimum atomic E-state index is -1.07. The summed E-state index contributed by atoms with van der Waals surface area (Å²) in [7, 11) is 1.73. The molecule has 184 valence electrons. The number of likely N-dealkylation sites (tertiary alicyclic amines) is 1. The van der Waals surface area contributed by atoms with E-state index in [0.29, 0.717) is 36.3 Å². The van der Waals surface area contributed by atoms with Crippen LogP contribution in [-0.4, -0.2) is 81.3 Å². The molecule has 0 saturated carbocycles. The zero-order chi connectivity index (χ0) is 24.9. The van der Waals surface area contributed by atoms with Crippen LogP contribution < -0.4 is 10.3 Å². The second-order valence-electron chi connectivity index (χ2n) is 8.75. The third kappa shape index (κ3) is 6.23. The molecule has 1 fully saturated rings. The molecule has 2 atom stereocenters. The van der Waals surface area contributed by atoms with Crippen molar-refractivity contribution in [2.24, 2.45) is 0 Å². The molecule has 10 heteroatoms. The Bertz CT molecular complexity index is 1280. The molecule has 0 spiro atoms. The van der Waals surface area contributed by atoms with Crippen LogP contribution in [0.4, 0.5) is 0 Å². The van der Waals surface area contributed by atoms with Crippen LogP contribution in [-0.2, 0) is 16.0 Å². The highest BCUT2D eigenvalue weighted by Gasteiger charge is 2.28. The number of aromatic nitrogens is 2. The number of carbonyl (C=O) groups excluding carboxylic acids is 1. The molecule has 2 aromatic carbocycles. The van der Waals surface area contributed by atoms with Gasteiger partial charge >= 0.3 is 5.97 Å². The number of H-pyrrole nitrogens is 1. The average molecular weight is 481 g/mol. The summed E-state index contributed by atoms with van der Waals surface area (Å²) in [6.45, 7) is 1.30. The smallest absolute Gasteiger partial charge is 0.341 e. The zero-order valence-electron chi connectivity index (χ0n) is 19.4. The number of rotatable bonds is 9. The van der Waals surface area contributed by atoms with Crippen molar-refractivity contribution in [1.82, 2.24) is 19.8 Å². The van der Waals surface area contributed by atoms with Gasteiger partial charge in [-0.2, -0.15) is 0 Å². The highest BCUT2D eigenvalue weighted by Crippen LogP contribution is 2.27. The number of aliphatic carboxylic acids is 1. The lowest BCUT2D eigenvalue weighted by atomic mass is 10.0. The van der Waals surface area contributed by atoms with E-state index in [2.05, 4.69) is 14.9 Å². The number of fused-ring (bicyclic) bond motifs is 1. The molecule has 35 heavy (non-hydrogen) atoms. The number of nitrogens with zero attached hydrogens (tertiary/aromatic N) is 3. The molecule has 1 aromatic heterocycles. The van der Waals surface area contributed by atoms with Crippen molar-refractivity contribution >= 4 is 22.9 Å². The monoisotopic (exact) mass is 480 g/mol. The van der Waals surface area contributed by atoms with Crippen molar-refractivity contribution in [3.05, 3.63) is 70.1 Å². The van der Waals surface area contributed by atoms with Crippen molar-refractivity contribution in [3.63, 3.8) is 0 Å². The number of aliphatic hydroxyl groups is 1. The highest BCUT2D eigenvalue weighted by atomic mass is 16.5. The number of amides is 1. The van der Waals surface area contributed by atoms with Crippen molar-refractivity contribution in [1.29, 1.82) is 0 Å². The number of aliphatic hydroxyl groups excluding tert-OH is 1. The van der Waals surface area contributed by atoms with E-state index < -0.39 is 18.7 Å². The quantitative estimate of drug-likeness (QED) is 0.416. The molecule has 0 bridgehead atoms. The number of carboxylic acids is 1. The number of ether oxygens (including phenoxy) is 1. The predicted octanol–water partition coefficient (Wildman–Crippen LogP) is 1.20. The largest absolute Gasteiger partial charge is 0.482 e. The lowest BCUT2D eigenvalue weighted by Gasteiger charge is -2.32. The summed E-state index contributed by atoms with van der Waals surface area (Å²) >= 11 is 0. The van der Waals surface area contributed by atoms with Gasteiger partial charge in [0.15, 0.2) is 6.61 Å². The summed E-state index contributed by atoms with van der Waals surface area (Å²) in [6.07, 6.45) is 1.62. The Morgan fingerprint density at radius 2 is 2.11 bits per heavy atom. The maximum Gasteiger partial charge on any atom is 0.341 e. The number of β-amino-alcohol motifs (C(OH)–C–C–N with tert-alkyl or cyclic N) is 1. The van der Waals surface area contributed by atoms with Gasteiger partial charge in [-0.25, -0.2) is 9.78 Å². The van der Waals surface area contributed by atoms with Gasteiger partial charge in [0.05, 0.1) is 35.8 Å². The van der Waals surface area contributed by atoms with Crippen molar-refractivity contribution in [2.45, 2.75) is 25.0 Å². The molecule has 4 rings (SSSR count). The Labute approximate surface area is 201 Å². The van der Waals surface area contributed by atoms with Crippen LogP contribution in [0.1, 0.15) is 23.6 Å². The Balaban J connectivity index is 1.56. The van der Waals surface area contributed by atoms with Crippen LogP contribution in [0.2, 0.25) is 0 Å². The Morgan fingerprint density at radius 3 is 2.86 bits per heavy atom. The van der Waals surface area contributed by atoms with Crippen LogP contribution in [0.3, 0.4) is 0 Å². The number of carbonyl (C=O) groups is 2. The molecule has 1 aliphatic heterocycles. The first-order valence-electron chi connectivity index (χ1n) is 11.4. The van der Waals surface area contributed by atoms with E-state index in [-0.39, 0.29) is 23.9 Å². The Kier molecular flexibility index (Phi) is 7.42. The van der Waals surface area contributed by atoms with Crippen LogP contribution in [0.25, 0.3) is 11.0 Å². The third-order valence-corrected chi connectivity index (χ3v) is 6.14. The molecule has 10 nitrogen and oxygen atoms in total. The summed E-state index contributed by atoms with van der Waals surface area (Å²) in [5.41, 5.74) is 2.44. The van der Waals surface area contributed by atoms with Gasteiger partial charge in [-0.1, -0.05) is 18.2 Å². The number of likely N-dealkylation sites (N-methyl/N-ethyl adjacent to an activating group) is 1. The van der Waals surface area contributed by atoms with Crippen molar-refractivity contribution in [2.75, 3.05) is 33.3 Å². The topological polar surface area (TPSA) is 136 Å². The van der Waals surface area contributed by atoms with Gasteiger partial charge in [-0.3, -0.25) is 14.5 Å². The first kappa shape index (κ1) is 24.4. The van der Waals surface area contributed by atoms with Gasteiger partial charge in [-0.15, -0.1) is 0 Å². The summed E-state index contributed by atoms with van der Waals surface area (Å²) in [5.74, 6) is -0.794. The van der Waals surface area contributed by atoms with E-state index in [0.717, 1.165) is 17.7 Å². The molecule has 1 amide bonds. The lowest BCUT2D eigenvalue weighted by Crippen LogP contribution is -2.39. The van der Waals surface area contributed by atoms with Gasteiger partial charge in [0.2, 0.25) is 5.91 Å². The molecular weight excluding hydrogens is 452 g/mol. The van der Waals surface area contributed by atoms with Gasteiger partial charge in [0.1, 0.15) is 5.75 Å². The van der Waals surface area contributed by atoms with E-state index in [4.69, 9.17) is 9.84 Å². The van der Waals surface area contributed by atoms with E-state index >= 15 is 0 Å². The molecule has 1 aliphatic rings. The SMILES string of the molecule is CN(C(=O)Cc1ccc2ncc(=O)[nH]c2c1)[C@H](CN1CCC(O)C1)c1cccc(OCC(=O)O)c1. The fourth-order valence-corrected chi connectivity index (χ4v) is 4.30. The number of carboxylic acid groups (broad SMARTS) is 1. The van der Waals surface area contributed by atoms with Crippen LogP contribution >= 0.6 is 0 Å². The number of hydrogen-bond acceptors (Lipinski definition) is 7. The van der Waals surface area contributed by atoms with E-state index in [1.54, 1.807) is 42.3 Å². The van der Waals surface area contributed by atoms with Crippen LogP contribution in [0, 0.1) is 0 Å². The molecule has 0 radical (unpaired) electrons. The fourth-order valence-electron chi connectivity index (χ4n) is 4.30.